The summed E-state index contributed by atoms with van der Waals surface area (Å²) in [5.41, 5.74) is 0.0718. The molecular formula is C10H9BrF3NO4. The monoisotopic (exact) mass is 343 g/mol. The minimum atomic E-state index is -4.90. The van der Waals surface area contributed by atoms with E-state index in [0.29, 0.717) is 0 Å². The molecule has 0 aliphatic rings. The van der Waals surface area contributed by atoms with Crippen LogP contribution >= 0.6 is 15.9 Å². The highest BCUT2D eigenvalue weighted by molar-refractivity contribution is 9.08. The second kappa shape index (κ2) is 6.09. The molecule has 106 valence electrons. The summed E-state index contributed by atoms with van der Waals surface area (Å²) in [5.74, 6) is -2.02. The standard InChI is InChI=1S/C10H9BrF3NO4/c1-18-9-6(4-11)15-5(3-8(16)17)2-7(9)19-10(12,13)14/h2H,3-4H2,1H3,(H,16,17). The third kappa shape index (κ3) is 4.58. The number of methoxy groups -OCH3 is 1. The van der Waals surface area contributed by atoms with Gasteiger partial charge in [-0.2, -0.15) is 0 Å². The molecule has 1 heterocycles. The molecule has 0 radical (unpaired) electrons. The predicted octanol–water partition coefficient (Wildman–Crippen LogP) is 2.51. The fourth-order valence-corrected chi connectivity index (χ4v) is 1.75. The molecule has 19 heavy (non-hydrogen) atoms. The number of carboxylic acids is 1. The number of aromatic nitrogens is 1. The Balaban J connectivity index is 3.27. The third-order valence-electron chi connectivity index (χ3n) is 1.95. The van der Waals surface area contributed by atoms with E-state index < -0.39 is 24.5 Å². The normalized spacial score (nSPS) is 11.2. The van der Waals surface area contributed by atoms with E-state index in [4.69, 9.17) is 9.84 Å². The molecule has 0 aromatic carbocycles. The topological polar surface area (TPSA) is 68.7 Å². The van der Waals surface area contributed by atoms with Crippen LogP contribution in [0.3, 0.4) is 0 Å². The van der Waals surface area contributed by atoms with Gasteiger partial charge in [-0.1, -0.05) is 15.9 Å². The summed E-state index contributed by atoms with van der Waals surface area (Å²) in [6.45, 7) is 0. The van der Waals surface area contributed by atoms with E-state index in [9.17, 15) is 18.0 Å². The Labute approximate surface area is 114 Å². The minimum absolute atomic E-state index is 0.0537. The van der Waals surface area contributed by atoms with Crippen molar-refractivity contribution in [3.63, 3.8) is 0 Å². The number of carbonyl (C=O) groups is 1. The average molecular weight is 344 g/mol. The first-order chi connectivity index (χ1) is 8.76. The lowest BCUT2D eigenvalue weighted by atomic mass is 10.2. The van der Waals surface area contributed by atoms with Crippen molar-refractivity contribution in [2.45, 2.75) is 18.1 Å². The molecule has 0 aliphatic heterocycles. The molecule has 1 aromatic rings. The third-order valence-corrected chi connectivity index (χ3v) is 2.48. The summed E-state index contributed by atoms with van der Waals surface area (Å²) >= 11 is 3.04. The number of carboxylic acid groups (broad SMARTS) is 1. The summed E-state index contributed by atoms with van der Waals surface area (Å²) in [6, 6.07) is 0.895. The van der Waals surface area contributed by atoms with Crippen LogP contribution in [-0.4, -0.2) is 29.5 Å². The number of halogens is 4. The van der Waals surface area contributed by atoms with E-state index in [1.807, 2.05) is 0 Å². The van der Waals surface area contributed by atoms with E-state index in [1.165, 1.54) is 7.11 Å². The summed E-state index contributed by atoms with van der Waals surface area (Å²) < 4.78 is 45.4. The van der Waals surface area contributed by atoms with Crippen molar-refractivity contribution in [3.8, 4) is 11.5 Å². The van der Waals surface area contributed by atoms with E-state index in [1.54, 1.807) is 0 Å². The van der Waals surface area contributed by atoms with Crippen molar-refractivity contribution in [3.05, 3.63) is 17.5 Å². The highest BCUT2D eigenvalue weighted by Gasteiger charge is 2.33. The maximum atomic E-state index is 12.3. The molecule has 0 fully saturated rings. The van der Waals surface area contributed by atoms with Crippen molar-refractivity contribution in [2.75, 3.05) is 7.11 Å². The molecule has 0 aliphatic carbocycles. The fourth-order valence-electron chi connectivity index (χ4n) is 1.37. The number of hydrogen-bond acceptors (Lipinski definition) is 4. The highest BCUT2D eigenvalue weighted by atomic mass is 79.9. The van der Waals surface area contributed by atoms with Crippen LogP contribution in [0.5, 0.6) is 11.5 Å². The Morgan fingerprint density at radius 3 is 2.58 bits per heavy atom. The van der Waals surface area contributed by atoms with E-state index in [2.05, 4.69) is 25.7 Å². The van der Waals surface area contributed by atoms with Crippen LogP contribution in [0.15, 0.2) is 6.07 Å². The van der Waals surface area contributed by atoms with E-state index in [0.717, 1.165) is 6.07 Å². The zero-order chi connectivity index (χ0) is 14.6. The van der Waals surface area contributed by atoms with Gasteiger partial charge < -0.3 is 14.6 Å². The van der Waals surface area contributed by atoms with Crippen LogP contribution in [0, 0.1) is 0 Å². The predicted molar refractivity (Wildman–Crippen MR) is 61.4 cm³/mol. The Morgan fingerprint density at radius 1 is 1.53 bits per heavy atom. The van der Waals surface area contributed by atoms with Gasteiger partial charge >= 0.3 is 12.3 Å². The van der Waals surface area contributed by atoms with E-state index in [-0.39, 0.29) is 22.5 Å². The molecule has 0 saturated heterocycles. The molecule has 9 heteroatoms. The Bertz CT molecular complexity index is 479. The molecule has 0 saturated carbocycles. The molecule has 0 bridgehead atoms. The minimum Gasteiger partial charge on any atom is -0.491 e. The highest BCUT2D eigenvalue weighted by Crippen LogP contribution is 2.35. The fraction of sp³-hybridized carbons (Fsp3) is 0.400. The van der Waals surface area contributed by atoms with Crippen LogP contribution in [0.25, 0.3) is 0 Å². The van der Waals surface area contributed by atoms with Gasteiger partial charge in [0.1, 0.15) is 0 Å². The summed E-state index contributed by atoms with van der Waals surface area (Å²) in [5, 5.41) is 8.73. The Morgan fingerprint density at radius 2 is 2.16 bits per heavy atom. The zero-order valence-corrected chi connectivity index (χ0v) is 11.2. The molecule has 1 rings (SSSR count). The number of hydrogen-bond donors (Lipinski definition) is 1. The zero-order valence-electron chi connectivity index (χ0n) is 9.62. The lowest BCUT2D eigenvalue weighted by molar-refractivity contribution is -0.275. The van der Waals surface area contributed by atoms with Crippen LogP contribution in [-0.2, 0) is 16.5 Å². The Kier molecular flexibility index (Phi) is 4.98. The number of ether oxygens (including phenoxy) is 2. The molecule has 1 aromatic heterocycles. The number of nitrogens with zero attached hydrogens (tertiary/aromatic N) is 1. The van der Waals surface area contributed by atoms with Crippen molar-refractivity contribution in [1.82, 2.24) is 4.98 Å². The van der Waals surface area contributed by atoms with Crippen LogP contribution in [0.2, 0.25) is 0 Å². The van der Waals surface area contributed by atoms with Crippen molar-refractivity contribution < 1.29 is 32.5 Å². The molecule has 5 nitrogen and oxygen atoms in total. The number of pyridine rings is 1. The van der Waals surface area contributed by atoms with Gasteiger partial charge in [-0.25, -0.2) is 0 Å². The van der Waals surface area contributed by atoms with Gasteiger partial charge in [-0.05, 0) is 0 Å². The van der Waals surface area contributed by atoms with Crippen LogP contribution in [0.1, 0.15) is 11.4 Å². The Hall–Kier alpha value is -1.51. The van der Waals surface area contributed by atoms with Gasteiger partial charge in [0.15, 0.2) is 11.5 Å². The molecule has 1 N–H and O–H groups in total. The van der Waals surface area contributed by atoms with Crippen LogP contribution in [0.4, 0.5) is 13.2 Å². The number of alkyl halides is 4. The second-order valence-electron chi connectivity index (χ2n) is 3.34. The van der Waals surface area contributed by atoms with Gasteiger partial charge in [0.05, 0.1) is 24.9 Å². The summed E-state index contributed by atoms with van der Waals surface area (Å²) in [4.78, 5) is 14.5. The van der Waals surface area contributed by atoms with Gasteiger partial charge in [-0.15, -0.1) is 13.2 Å². The first-order valence-corrected chi connectivity index (χ1v) is 5.99. The van der Waals surface area contributed by atoms with Crippen LogP contribution < -0.4 is 9.47 Å². The first kappa shape index (κ1) is 15.5. The molecule has 0 spiro atoms. The van der Waals surface area contributed by atoms with Crippen molar-refractivity contribution >= 4 is 21.9 Å². The quantitative estimate of drug-likeness (QED) is 0.832. The maximum absolute atomic E-state index is 12.3. The van der Waals surface area contributed by atoms with Crippen molar-refractivity contribution in [1.29, 1.82) is 0 Å². The SMILES string of the molecule is COc1c(OC(F)(F)F)cc(CC(=O)O)nc1CBr. The first-order valence-electron chi connectivity index (χ1n) is 4.87. The van der Waals surface area contributed by atoms with Gasteiger partial charge in [0.2, 0.25) is 0 Å². The van der Waals surface area contributed by atoms with Gasteiger partial charge in [0.25, 0.3) is 0 Å². The average Bonchev–Trinajstić information content (AvgIpc) is 2.25. The second-order valence-corrected chi connectivity index (χ2v) is 3.90. The lowest BCUT2D eigenvalue weighted by Gasteiger charge is -2.15. The van der Waals surface area contributed by atoms with E-state index >= 15 is 0 Å². The molecule has 0 amide bonds. The molecular weight excluding hydrogens is 335 g/mol. The maximum Gasteiger partial charge on any atom is 0.573 e. The lowest BCUT2D eigenvalue weighted by Crippen LogP contribution is -2.18. The van der Waals surface area contributed by atoms with Gasteiger partial charge in [0, 0.05) is 11.4 Å². The summed E-state index contributed by atoms with van der Waals surface area (Å²) in [6.07, 6.45) is -5.42. The largest absolute Gasteiger partial charge is 0.573 e. The number of rotatable bonds is 5. The van der Waals surface area contributed by atoms with Crippen molar-refractivity contribution in [2.24, 2.45) is 0 Å². The van der Waals surface area contributed by atoms with Gasteiger partial charge in [-0.3, -0.25) is 9.78 Å². The number of aliphatic carboxylic acids is 1. The summed E-state index contributed by atoms with van der Waals surface area (Å²) in [7, 11) is 1.17. The molecule has 0 atom stereocenters. The molecule has 0 unspecified atom stereocenters. The smallest absolute Gasteiger partial charge is 0.491 e.